The van der Waals surface area contributed by atoms with E-state index in [0.29, 0.717) is 17.4 Å². The summed E-state index contributed by atoms with van der Waals surface area (Å²) in [5, 5.41) is 0. The lowest BCUT2D eigenvalue weighted by Gasteiger charge is -2.18. The van der Waals surface area contributed by atoms with E-state index in [4.69, 9.17) is 14.2 Å². The van der Waals surface area contributed by atoms with Gasteiger partial charge in [-0.2, -0.15) is 0 Å². The van der Waals surface area contributed by atoms with Crippen molar-refractivity contribution in [1.29, 1.82) is 0 Å². The Morgan fingerprint density at radius 1 is 0.857 bits per heavy atom. The van der Waals surface area contributed by atoms with Gasteiger partial charge in [0.1, 0.15) is 12.4 Å². The molecule has 0 aliphatic rings. The average molecular weight is 387 g/mol. The Bertz CT molecular complexity index is 665. The second-order valence-electron chi connectivity index (χ2n) is 6.66. The predicted octanol–water partition coefficient (Wildman–Crippen LogP) is 6.07. The highest BCUT2D eigenvalue weighted by molar-refractivity contribution is 5.89. The summed E-state index contributed by atoms with van der Waals surface area (Å²) in [6, 6.07) is 17.0. The van der Waals surface area contributed by atoms with Gasteiger partial charge in [0.25, 0.3) is 0 Å². The van der Waals surface area contributed by atoms with Gasteiger partial charge in [0.2, 0.25) is 0 Å². The van der Waals surface area contributed by atoms with Crippen molar-refractivity contribution in [3.8, 4) is 5.75 Å². The van der Waals surface area contributed by atoms with Gasteiger partial charge < -0.3 is 14.2 Å². The Kier molecular flexibility index (Phi) is 11.0. The van der Waals surface area contributed by atoms with Crippen LogP contribution >= 0.6 is 0 Å². The van der Waals surface area contributed by atoms with E-state index in [-0.39, 0.29) is 19.2 Å². The molecule has 0 saturated heterocycles. The molecule has 0 aliphatic heterocycles. The molecule has 0 aliphatic carbocycles. The monoisotopic (exact) mass is 386 g/mol. The number of carbonyl (C=O) groups excluding carboxylic acids is 1. The third-order valence-electron chi connectivity index (χ3n) is 4.39. The van der Waals surface area contributed by atoms with Crippen LogP contribution in [0, 0.1) is 5.92 Å². The summed E-state index contributed by atoms with van der Waals surface area (Å²) in [5.74, 6) is 1.52. The van der Waals surface area contributed by atoms with Gasteiger partial charge in [0, 0.05) is 0 Å². The second-order valence-corrected chi connectivity index (χ2v) is 6.66. The summed E-state index contributed by atoms with van der Waals surface area (Å²) < 4.78 is 16.5. The molecule has 4 heteroatoms. The summed E-state index contributed by atoms with van der Waals surface area (Å²) >= 11 is 0. The molecule has 2 unspecified atom stereocenters. The Hall–Kier alpha value is -2.33. The van der Waals surface area contributed by atoms with Crippen LogP contribution in [-0.2, 0) is 9.47 Å². The lowest BCUT2D eigenvalue weighted by Crippen LogP contribution is -2.20. The smallest absolute Gasteiger partial charge is 0.338 e. The fourth-order valence-corrected chi connectivity index (χ4v) is 2.47. The summed E-state index contributed by atoms with van der Waals surface area (Å²) in [6.07, 6.45) is -0.418. The number of esters is 1. The molecule has 0 saturated carbocycles. The maximum Gasteiger partial charge on any atom is 0.338 e. The standard InChI is InChI=1S/C22H28O4.C2H6/c1-16(2)17(3)19-10-12-21(13-11-19)26-18(4)24-14-15-25-22(23)20-8-6-5-7-9-20;1-2/h5-13,16-18H,14-15H2,1-4H3;1-2H3. The predicted molar refractivity (Wildman–Crippen MR) is 114 cm³/mol. The van der Waals surface area contributed by atoms with Crippen LogP contribution in [0.1, 0.15) is 63.4 Å². The van der Waals surface area contributed by atoms with Gasteiger partial charge in [-0.25, -0.2) is 4.79 Å². The molecule has 0 bridgehead atoms. The van der Waals surface area contributed by atoms with Crippen molar-refractivity contribution in [2.24, 2.45) is 5.92 Å². The maximum absolute atomic E-state index is 11.8. The summed E-state index contributed by atoms with van der Waals surface area (Å²) in [4.78, 5) is 11.8. The van der Waals surface area contributed by atoms with E-state index in [1.165, 1.54) is 5.56 Å². The topological polar surface area (TPSA) is 44.8 Å². The average Bonchev–Trinajstić information content (AvgIpc) is 2.73. The molecule has 0 fully saturated rings. The molecule has 2 atom stereocenters. The fraction of sp³-hybridized carbons (Fsp3) is 0.458. The van der Waals surface area contributed by atoms with E-state index >= 15 is 0 Å². The lowest BCUT2D eigenvalue weighted by molar-refractivity contribution is -0.0783. The largest absolute Gasteiger partial charge is 0.465 e. The van der Waals surface area contributed by atoms with E-state index < -0.39 is 6.29 Å². The zero-order valence-electron chi connectivity index (χ0n) is 18.0. The van der Waals surface area contributed by atoms with Crippen molar-refractivity contribution in [2.45, 2.75) is 53.8 Å². The number of ether oxygens (including phenoxy) is 3. The van der Waals surface area contributed by atoms with Gasteiger partial charge in [-0.3, -0.25) is 0 Å². The Balaban J connectivity index is 0.00000190. The molecule has 0 N–H and O–H groups in total. The molecule has 0 radical (unpaired) electrons. The van der Waals surface area contributed by atoms with Crippen molar-refractivity contribution in [1.82, 2.24) is 0 Å². The van der Waals surface area contributed by atoms with Crippen molar-refractivity contribution in [3.63, 3.8) is 0 Å². The molecule has 2 aromatic carbocycles. The van der Waals surface area contributed by atoms with Crippen LogP contribution in [0.4, 0.5) is 0 Å². The summed E-state index contributed by atoms with van der Waals surface area (Å²) in [7, 11) is 0. The van der Waals surface area contributed by atoms with Gasteiger partial charge >= 0.3 is 5.97 Å². The van der Waals surface area contributed by atoms with Crippen molar-refractivity contribution in [3.05, 3.63) is 65.7 Å². The number of carbonyl (C=O) groups is 1. The zero-order chi connectivity index (χ0) is 20.9. The molecular weight excluding hydrogens is 352 g/mol. The first-order chi connectivity index (χ1) is 13.5. The third-order valence-corrected chi connectivity index (χ3v) is 4.39. The number of hydrogen-bond acceptors (Lipinski definition) is 4. The molecule has 0 spiro atoms. The van der Waals surface area contributed by atoms with Crippen LogP contribution < -0.4 is 4.74 Å². The third kappa shape index (κ3) is 8.13. The van der Waals surface area contributed by atoms with Crippen LogP contribution in [0.15, 0.2) is 54.6 Å². The van der Waals surface area contributed by atoms with Gasteiger partial charge in [0.05, 0.1) is 12.2 Å². The van der Waals surface area contributed by atoms with Gasteiger partial charge in [-0.05, 0) is 48.6 Å². The van der Waals surface area contributed by atoms with E-state index in [1.807, 2.05) is 39.0 Å². The molecule has 154 valence electrons. The van der Waals surface area contributed by atoms with E-state index in [9.17, 15) is 4.79 Å². The minimum Gasteiger partial charge on any atom is -0.465 e. The first kappa shape index (κ1) is 23.7. The lowest BCUT2D eigenvalue weighted by atomic mass is 9.90. The molecule has 4 nitrogen and oxygen atoms in total. The van der Waals surface area contributed by atoms with E-state index in [1.54, 1.807) is 24.3 Å². The molecule has 0 aromatic heterocycles. The van der Waals surface area contributed by atoms with E-state index in [2.05, 4.69) is 32.9 Å². The fourth-order valence-electron chi connectivity index (χ4n) is 2.47. The van der Waals surface area contributed by atoms with E-state index in [0.717, 1.165) is 5.75 Å². The van der Waals surface area contributed by atoms with Crippen LogP contribution in [0.5, 0.6) is 5.75 Å². The quantitative estimate of drug-likeness (QED) is 0.298. The van der Waals surface area contributed by atoms with Crippen molar-refractivity contribution >= 4 is 5.97 Å². The van der Waals surface area contributed by atoms with Gasteiger partial charge in [-0.15, -0.1) is 0 Å². The highest BCUT2D eigenvalue weighted by atomic mass is 16.7. The molecular formula is C24H34O4. The minimum atomic E-state index is -0.418. The SMILES string of the molecule is CC.CC(OCCOC(=O)c1ccccc1)Oc1ccc(C(C)C(C)C)cc1. The van der Waals surface area contributed by atoms with Gasteiger partial charge in [0.15, 0.2) is 6.29 Å². The first-order valence-electron chi connectivity index (χ1n) is 10.1. The summed E-state index contributed by atoms with van der Waals surface area (Å²) in [5.41, 5.74) is 1.83. The minimum absolute atomic E-state index is 0.187. The highest BCUT2D eigenvalue weighted by Gasteiger charge is 2.11. The molecule has 0 amide bonds. The second kappa shape index (κ2) is 12.9. The molecule has 0 heterocycles. The molecule has 2 rings (SSSR count). The van der Waals surface area contributed by atoms with Crippen LogP contribution in [0.3, 0.4) is 0 Å². The zero-order valence-corrected chi connectivity index (χ0v) is 18.0. The molecule has 2 aromatic rings. The summed E-state index contributed by atoms with van der Waals surface area (Å²) in [6.45, 7) is 13.0. The van der Waals surface area contributed by atoms with Crippen LogP contribution in [0.2, 0.25) is 0 Å². The van der Waals surface area contributed by atoms with Crippen molar-refractivity contribution in [2.75, 3.05) is 13.2 Å². The van der Waals surface area contributed by atoms with Gasteiger partial charge in [-0.1, -0.05) is 65.0 Å². The van der Waals surface area contributed by atoms with Crippen molar-refractivity contribution < 1.29 is 19.0 Å². The van der Waals surface area contributed by atoms with Crippen LogP contribution in [0.25, 0.3) is 0 Å². The Morgan fingerprint density at radius 3 is 2.04 bits per heavy atom. The normalized spacial score (nSPS) is 12.5. The number of hydrogen-bond donors (Lipinski definition) is 0. The number of rotatable bonds is 9. The van der Waals surface area contributed by atoms with Crippen LogP contribution in [-0.4, -0.2) is 25.5 Å². The maximum atomic E-state index is 11.8. The Labute approximate surface area is 169 Å². The first-order valence-corrected chi connectivity index (χ1v) is 10.1. The highest BCUT2D eigenvalue weighted by Crippen LogP contribution is 2.25. The Morgan fingerprint density at radius 2 is 1.46 bits per heavy atom. The number of benzene rings is 2. The molecule has 28 heavy (non-hydrogen) atoms.